The van der Waals surface area contributed by atoms with Crippen LogP contribution in [0.15, 0.2) is 54.6 Å². The van der Waals surface area contributed by atoms with Crippen LogP contribution in [0.25, 0.3) is 0 Å². The molecule has 0 aromatic heterocycles. The van der Waals surface area contributed by atoms with Crippen molar-refractivity contribution < 1.29 is 28.7 Å². The van der Waals surface area contributed by atoms with Gasteiger partial charge in [-0.2, -0.15) is 12.6 Å². The van der Waals surface area contributed by atoms with Crippen LogP contribution < -0.4 is 10.6 Å². The fourth-order valence-corrected chi connectivity index (χ4v) is 5.14. The second-order valence-electron chi connectivity index (χ2n) is 13.6. The van der Waals surface area contributed by atoms with E-state index in [1.807, 2.05) is 55.5 Å². The number of esters is 1. The fraction of sp³-hybridized carbons (Fsp3) is 0.556. The Balaban J connectivity index is 2.57. The number of thiol groups is 1. The van der Waals surface area contributed by atoms with E-state index >= 15 is 0 Å². The lowest BCUT2D eigenvalue weighted by atomic mass is 9.99. The van der Waals surface area contributed by atoms with E-state index in [0.717, 1.165) is 30.4 Å². The molecule has 0 saturated carbocycles. The maximum Gasteiger partial charge on any atom is 0.408 e. The van der Waals surface area contributed by atoms with Gasteiger partial charge in [0.2, 0.25) is 11.8 Å². The lowest BCUT2D eigenvalue weighted by Crippen LogP contribution is -2.55. The standard InChI is InChI=1S/C36H53N3O6S/c1-9-10-11-15-21-39(32(41)29(24-46)38-34(43)45-36(6,7)8)30(27-20-16-17-25(2)22-27)31(40)37-28(33(42)44-35(3,4)5)23-26-18-13-12-14-19-26/h12-14,16-20,22,28-30,46H,9-11,15,21,23-24H2,1-8H3,(H,37,40)(H,38,43). The molecule has 254 valence electrons. The first-order valence-electron chi connectivity index (χ1n) is 16.1. The van der Waals surface area contributed by atoms with Gasteiger partial charge in [-0.1, -0.05) is 86.3 Å². The molecule has 3 amide bonds. The zero-order valence-corrected chi connectivity index (χ0v) is 29.6. The molecule has 2 aromatic rings. The predicted molar refractivity (Wildman–Crippen MR) is 185 cm³/mol. The van der Waals surface area contributed by atoms with Gasteiger partial charge in [0, 0.05) is 18.7 Å². The molecule has 3 unspecified atom stereocenters. The lowest BCUT2D eigenvalue weighted by molar-refractivity contribution is -0.159. The van der Waals surface area contributed by atoms with Gasteiger partial charge in [-0.3, -0.25) is 9.59 Å². The van der Waals surface area contributed by atoms with Crippen LogP contribution >= 0.6 is 12.6 Å². The predicted octanol–water partition coefficient (Wildman–Crippen LogP) is 6.34. The molecular weight excluding hydrogens is 602 g/mol. The third-order valence-corrected chi connectivity index (χ3v) is 7.28. The Morgan fingerprint density at radius 1 is 0.826 bits per heavy atom. The van der Waals surface area contributed by atoms with Crippen molar-refractivity contribution in [3.05, 3.63) is 71.3 Å². The number of aryl methyl sites for hydroxylation is 1. The molecular formula is C36H53N3O6S. The minimum absolute atomic E-state index is 0.0137. The van der Waals surface area contributed by atoms with Gasteiger partial charge in [-0.15, -0.1) is 0 Å². The minimum Gasteiger partial charge on any atom is -0.458 e. The average molecular weight is 656 g/mol. The molecule has 9 nitrogen and oxygen atoms in total. The fourth-order valence-electron chi connectivity index (χ4n) is 4.89. The molecule has 0 spiro atoms. The van der Waals surface area contributed by atoms with E-state index in [9.17, 15) is 19.2 Å². The number of nitrogens with one attached hydrogen (secondary N) is 2. The maximum atomic E-state index is 14.4. The summed E-state index contributed by atoms with van der Waals surface area (Å²) in [5, 5.41) is 5.58. The molecule has 0 aliphatic carbocycles. The molecule has 2 aromatic carbocycles. The van der Waals surface area contributed by atoms with Crippen LogP contribution in [0.5, 0.6) is 0 Å². The monoisotopic (exact) mass is 655 g/mol. The van der Waals surface area contributed by atoms with Crippen LogP contribution in [0.4, 0.5) is 4.79 Å². The van der Waals surface area contributed by atoms with Crippen LogP contribution in [-0.4, -0.2) is 64.4 Å². The second-order valence-corrected chi connectivity index (χ2v) is 13.9. The van der Waals surface area contributed by atoms with Crippen molar-refractivity contribution in [2.75, 3.05) is 12.3 Å². The van der Waals surface area contributed by atoms with E-state index in [1.54, 1.807) is 47.6 Å². The third-order valence-electron chi connectivity index (χ3n) is 6.92. The lowest BCUT2D eigenvalue weighted by Gasteiger charge is -2.35. The molecule has 0 bridgehead atoms. The Hall–Kier alpha value is -3.53. The molecule has 0 radical (unpaired) electrons. The van der Waals surface area contributed by atoms with Crippen molar-refractivity contribution in [3.63, 3.8) is 0 Å². The summed E-state index contributed by atoms with van der Waals surface area (Å²) in [6.45, 7) is 14.8. The first-order valence-corrected chi connectivity index (χ1v) is 16.7. The SMILES string of the molecule is CCCCCCN(C(=O)C(CS)NC(=O)OC(C)(C)C)C(C(=O)NC(Cc1ccccc1)C(=O)OC(C)(C)C)c1cccc(C)c1. The van der Waals surface area contributed by atoms with E-state index in [-0.39, 0.29) is 18.7 Å². The highest BCUT2D eigenvalue weighted by Gasteiger charge is 2.38. The topological polar surface area (TPSA) is 114 Å². The van der Waals surface area contributed by atoms with Crippen LogP contribution in [-0.2, 0) is 30.3 Å². The molecule has 0 saturated heterocycles. The van der Waals surface area contributed by atoms with Crippen molar-refractivity contribution in [2.24, 2.45) is 0 Å². The van der Waals surface area contributed by atoms with Crippen molar-refractivity contribution in [1.29, 1.82) is 0 Å². The van der Waals surface area contributed by atoms with Crippen molar-refractivity contribution in [2.45, 2.75) is 117 Å². The normalized spacial score (nSPS) is 13.6. The maximum absolute atomic E-state index is 14.4. The Morgan fingerprint density at radius 3 is 2.04 bits per heavy atom. The number of carbonyl (C=O) groups is 4. The molecule has 0 aliphatic heterocycles. The number of alkyl carbamates (subject to hydrolysis) is 1. The van der Waals surface area contributed by atoms with Gasteiger partial charge in [0.25, 0.3) is 0 Å². The number of nitrogens with zero attached hydrogens (tertiary/aromatic N) is 1. The highest BCUT2D eigenvalue weighted by Crippen LogP contribution is 2.26. The van der Waals surface area contributed by atoms with E-state index in [0.29, 0.717) is 12.0 Å². The van der Waals surface area contributed by atoms with Crippen molar-refractivity contribution in [3.8, 4) is 0 Å². The minimum atomic E-state index is -1.10. The molecule has 3 atom stereocenters. The van der Waals surface area contributed by atoms with E-state index < -0.39 is 53.2 Å². The number of rotatable bonds is 15. The van der Waals surface area contributed by atoms with Gasteiger partial charge in [0.05, 0.1) is 0 Å². The van der Waals surface area contributed by atoms with Crippen LogP contribution in [0.3, 0.4) is 0 Å². The smallest absolute Gasteiger partial charge is 0.408 e. The van der Waals surface area contributed by atoms with Crippen molar-refractivity contribution in [1.82, 2.24) is 15.5 Å². The average Bonchev–Trinajstić information content (AvgIpc) is 2.95. The number of carbonyl (C=O) groups excluding carboxylic acids is 4. The number of ether oxygens (including phenoxy) is 2. The van der Waals surface area contributed by atoms with Gasteiger partial charge in [0.1, 0.15) is 29.3 Å². The van der Waals surface area contributed by atoms with Crippen LogP contribution in [0.1, 0.15) is 96.9 Å². The summed E-state index contributed by atoms with van der Waals surface area (Å²) < 4.78 is 11.1. The summed E-state index contributed by atoms with van der Waals surface area (Å²) >= 11 is 4.38. The second kappa shape index (κ2) is 18.0. The first-order chi connectivity index (χ1) is 21.5. The van der Waals surface area contributed by atoms with Gasteiger partial charge in [0.15, 0.2) is 0 Å². The van der Waals surface area contributed by atoms with E-state index in [4.69, 9.17) is 9.47 Å². The largest absolute Gasteiger partial charge is 0.458 e. The van der Waals surface area contributed by atoms with Crippen molar-refractivity contribution >= 4 is 36.5 Å². The summed E-state index contributed by atoms with van der Waals surface area (Å²) in [6, 6.07) is 13.6. The Bertz CT molecular complexity index is 1290. The quantitative estimate of drug-likeness (QED) is 0.117. The number of unbranched alkanes of at least 4 members (excludes halogenated alkanes) is 3. The zero-order chi connectivity index (χ0) is 34.5. The van der Waals surface area contributed by atoms with E-state index in [1.165, 1.54) is 4.90 Å². The third kappa shape index (κ3) is 13.4. The highest BCUT2D eigenvalue weighted by molar-refractivity contribution is 7.80. The Morgan fingerprint density at radius 2 is 1.48 bits per heavy atom. The molecule has 2 N–H and O–H groups in total. The molecule has 0 aliphatic rings. The van der Waals surface area contributed by atoms with Gasteiger partial charge in [-0.05, 0) is 66.0 Å². The Labute approximate surface area is 280 Å². The van der Waals surface area contributed by atoms with E-state index in [2.05, 4.69) is 30.2 Å². The Kier molecular flexibility index (Phi) is 15.1. The number of hydrogen-bond donors (Lipinski definition) is 3. The van der Waals surface area contributed by atoms with Gasteiger partial charge < -0.3 is 25.0 Å². The molecule has 10 heteroatoms. The summed E-state index contributed by atoms with van der Waals surface area (Å²) in [4.78, 5) is 56.4. The number of benzene rings is 2. The first kappa shape index (κ1) is 38.7. The number of hydrogen-bond acceptors (Lipinski definition) is 7. The molecule has 2 rings (SSSR count). The summed E-state index contributed by atoms with van der Waals surface area (Å²) in [7, 11) is 0. The molecule has 0 heterocycles. The number of amides is 3. The van der Waals surface area contributed by atoms with Gasteiger partial charge >= 0.3 is 12.1 Å². The molecule has 46 heavy (non-hydrogen) atoms. The summed E-state index contributed by atoms with van der Waals surface area (Å²) in [5.74, 6) is -1.60. The van der Waals surface area contributed by atoms with Crippen LogP contribution in [0.2, 0.25) is 0 Å². The summed E-state index contributed by atoms with van der Waals surface area (Å²) in [5.41, 5.74) is 0.780. The summed E-state index contributed by atoms with van der Waals surface area (Å²) in [6.07, 6.45) is 2.89. The van der Waals surface area contributed by atoms with Gasteiger partial charge in [-0.25, -0.2) is 9.59 Å². The van der Waals surface area contributed by atoms with Crippen LogP contribution in [0, 0.1) is 6.92 Å². The zero-order valence-electron chi connectivity index (χ0n) is 28.7. The molecule has 0 fully saturated rings. The highest BCUT2D eigenvalue weighted by atomic mass is 32.1.